The highest BCUT2D eigenvalue weighted by Crippen LogP contribution is 2.35. The van der Waals surface area contributed by atoms with E-state index in [2.05, 4.69) is 4.74 Å². The second kappa shape index (κ2) is 4.64. The third-order valence-corrected chi connectivity index (χ3v) is 2.56. The van der Waals surface area contributed by atoms with E-state index in [0.29, 0.717) is 5.56 Å². The number of phenolic OH excluding ortho intramolecular Hbond substituents is 1. The maximum Gasteiger partial charge on any atom is 0.341 e. The van der Waals surface area contributed by atoms with Crippen molar-refractivity contribution in [1.82, 2.24) is 0 Å². The second-order valence-corrected chi connectivity index (χ2v) is 4.89. The van der Waals surface area contributed by atoms with Crippen LogP contribution in [0.1, 0.15) is 36.7 Å². The number of nitro benzene ring substituents is 1. The molecule has 0 saturated heterocycles. The zero-order valence-electron chi connectivity index (χ0n) is 10.7. The van der Waals surface area contributed by atoms with Crippen LogP contribution in [0, 0.1) is 10.1 Å². The lowest BCUT2D eigenvalue weighted by atomic mass is 9.85. The van der Waals surface area contributed by atoms with Crippen molar-refractivity contribution < 1.29 is 19.6 Å². The van der Waals surface area contributed by atoms with Gasteiger partial charge in [0.2, 0.25) is 5.75 Å². The molecule has 0 aliphatic heterocycles. The van der Waals surface area contributed by atoms with E-state index in [0.717, 1.165) is 7.11 Å². The summed E-state index contributed by atoms with van der Waals surface area (Å²) in [4.78, 5) is 21.6. The zero-order valence-corrected chi connectivity index (χ0v) is 10.7. The summed E-state index contributed by atoms with van der Waals surface area (Å²) in [7, 11) is 1.15. The van der Waals surface area contributed by atoms with Gasteiger partial charge in [0, 0.05) is 6.07 Å². The first-order valence-electron chi connectivity index (χ1n) is 5.28. The Hall–Kier alpha value is -2.11. The topological polar surface area (TPSA) is 89.7 Å². The average Bonchev–Trinajstić information content (AvgIpc) is 2.26. The van der Waals surface area contributed by atoms with Crippen LogP contribution in [0.2, 0.25) is 0 Å². The van der Waals surface area contributed by atoms with Crippen molar-refractivity contribution in [2.45, 2.75) is 26.2 Å². The molecule has 98 valence electrons. The first-order chi connectivity index (χ1) is 8.18. The third kappa shape index (κ3) is 2.58. The van der Waals surface area contributed by atoms with E-state index in [4.69, 9.17) is 0 Å². The van der Waals surface area contributed by atoms with Gasteiger partial charge in [0.1, 0.15) is 5.56 Å². The molecule has 0 spiro atoms. The molecule has 6 nitrogen and oxygen atoms in total. The number of phenols is 1. The molecule has 1 N–H and O–H groups in total. The van der Waals surface area contributed by atoms with E-state index in [-0.39, 0.29) is 11.0 Å². The van der Waals surface area contributed by atoms with Crippen molar-refractivity contribution >= 4 is 11.7 Å². The summed E-state index contributed by atoms with van der Waals surface area (Å²) in [6, 6.07) is 2.68. The van der Waals surface area contributed by atoms with Crippen molar-refractivity contribution in [1.29, 1.82) is 0 Å². The summed E-state index contributed by atoms with van der Waals surface area (Å²) in [5, 5.41) is 20.6. The number of carbonyl (C=O) groups excluding carboxylic acids is 1. The molecule has 1 rings (SSSR count). The Morgan fingerprint density at radius 3 is 2.33 bits per heavy atom. The summed E-state index contributed by atoms with van der Waals surface area (Å²) in [5.74, 6) is -1.47. The van der Waals surface area contributed by atoms with E-state index < -0.39 is 22.3 Å². The molecular weight excluding hydrogens is 238 g/mol. The molecule has 0 aromatic heterocycles. The number of hydrogen-bond acceptors (Lipinski definition) is 5. The van der Waals surface area contributed by atoms with Crippen molar-refractivity contribution in [3.05, 3.63) is 33.4 Å². The number of methoxy groups -OCH3 is 1. The van der Waals surface area contributed by atoms with E-state index in [1.54, 1.807) is 0 Å². The van der Waals surface area contributed by atoms with Gasteiger partial charge in [-0.05, 0) is 17.0 Å². The smallest absolute Gasteiger partial charge is 0.341 e. The quantitative estimate of drug-likeness (QED) is 0.496. The number of nitro groups is 1. The predicted molar refractivity (Wildman–Crippen MR) is 64.8 cm³/mol. The summed E-state index contributed by atoms with van der Waals surface area (Å²) in [6.45, 7) is 5.55. The van der Waals surface area contributed by atoms with Gasteiger partial charge >= 0.3 is 11.7 Å². The Bertz CT molecular complexity index is 502. The van der Waals surface area contributed by atoms with Crippen LogP contribution in [-0.2, 0) is 10.2 Å². The van der Waals surface area contributed by atoms with Crippen LogP contribution in [-0.4, -0.2) is 23.1 Å². The number of aromatic hydroxyl groups is 1. The largest absolute Gasteiger partial charge is 0.501 e. The monoisotopic (exact) mass is 253 g/mol. The van der Waals surface area contributed by atoms with E-state index in [9.17, 15) is 20.0 Å². The second-order valence-electron chi connectivity index (χ2n) is 4.89. The summed E-state index contributed by atoms with van der Waals surface area (Å²) in [6.07, 6.45) is 0. The third-order valence-electron chi connectivity index (χ3n) is 2.56. The van der Waals surface area contributed by atoms with Crippen LogP contribution in [0.5, 0.6) is 5.75 Å². The van der Waals surface area contributed by atoms with Crippen LogP contribution in [0.4, 0.5) is 5.69 Å². The lowest BCUT2D eigenvalue weighted by Crippen LogP contribution is -2.14. The molecule has 0 unspecified atom stereocenters. The first-order valence-corrected chi connectivity index (χ1v) is 5.28. The maximum absolute atomic E-state index is 11.5. The van der Waals surface area contributed by atoms with Gasteiger partial charge in [-0.1, -0.05) is 20.8 Å². The average molecular weight is 253 g/mol. The number of rotatable bonds is 2. The van der Waals surface area contributed by atoms with Crippen molar-refractivity contribution in [3.63, 3.8) is 0 Å². The minimum absolute atomic E-state index is 0.198. The molecular formula is C12H15NO5. The van der Waals surface area contributed by atoms with Crippen molar-refractivity contribution in [2.75, 3.05) is 7.11 Å². The van der Waals surface area contributed by atoms with Gasteiger partial charge in [-0.15, -0.1) is 0 Å². The van der Waals surface area contributed by atoms with Gasteiger partial charge in [-0.3, -0.25) is 10.1 Å². The van der Waals surface area contributed by atoms with Gasteiger partial charge in [0.25, 0.3) is 0 Å². The maximum atomic E-state index is 11.5. The fourth-order valence-corrected chi connectivity index (χ4v) is 1.46. The molecule has 1 aromatic rings. The highest BCUT2D eigenvalue weighted by molar-refractivity contribution is 5.94. The van der Waals surface area contributed by atoms with E-state index in [1.165, 1.54) is 12.1 Å². The normalized spacial score (nSPS) is 11.1. The minimum Gasteiger partial charge on any atom is -0.501 e. The molecule has 0 radical (unpaired) electrons. The Morgan fingerprint density at radius 1 is 1.39 bits per heavy atom. The molecule has 0 aliphatic rings. The molecule has 0 bridgehead atoms. The van der Waals surface area contributed by atoms with Crippen LogP contribution in [0.3, 0.4) is 0 Å². The fourth-order valence-electron chi connectivity index (χ4n) is 1.46. The van der Waals surface area contributed by atoms with Gasteiger partial charge in [-0.2, -0.15) is 0 Å². The molecule has 0 heterocycles. The Morgan fingerprint density at radius 2 is 1.94 bits per heavy atom. The predicted octanol–water partition coefficient (Wildman–Crippen LogP) is 2.38. The summed E-state index contributed by atoms with van der Waals surface area (Å²) >= 11 is 0. The summed E-state index contributed by atoms with van der Waals surface area (Å²) < 4.78 is 4.50. The van der Waals surface area contributed by atoms with Crippen LogP contribution >= 0.6 is 0 Å². The highest BCUT2D eigenvalue weighted by atomic mass is 16.6. The van der Waals surface area contributed by atoms with Crippen LogP contribution < -0.4 is 0 Å². The molecule has 0 atom stereocenters. The Balaban J connectivity index is 3.57. The van der Waals surface area contributed by atoms with Gasteiger partial charge in [0.05, 0.1) is 12.0 Å². The number of nitrogens with zero attached hydrogens (tertiary/aromatic N) is 1. The standard InChI is InChI=1S/C12H15NO5/c1-12(2,3)7-5-8(11(15)18-4)10(14)9(6-7)13(16)17/h5-6,14H,1-4H3. The number of ether oxygens (including phenoxy) is 1. The molecule has 6 heteroatoms. The van der Waals surface area contributed by atoms with Crippen molar-refractivity contribution in [2.24, 2.45) is 0 Å². The lowest BCUT2D eigenvalue weighted by molar-refractivity contribution is -0.386. The zero-order chi connectivity index (χ0) is 14.1. The van der Waals surface area contributed by atoms with Crippen LogP contribution in [0.25, 0.3) is 0 Å². The number of carbonyl (C=O) groups is 1. The van der Waals surface area contributed by atoms with E-state index in [1.807, 2.05) is 20.8 Å². The SMILES string of the molecule is COC(=O)c1cc(C(C)(C)C)cc([N+](=O)[O-])c1O. The molecule has 1 aromatic carbocycles. The van der Waals surface area contributed by atoms with Crippen LogP contribution in [0.15, 0.2) is 12.1 Å². The van der Waals surface area contributed by atoms with Gasteiger partial charge in [-0.25, -0.2) is 4.79 Å². The molecule has 0 amide bonds. The Kier molecular flexibility index (Phi) is 3.59. The minimum atomic E-state index is -0.804. The van der Waals surface area contributed by atoms with Gasteiger partial charge < -0.3 is 9.84 Å². The fraction of sp³-hybridized carbons (Fsp3) is 0.417. The Labute approximate surface area is 104 Å². The van der Waals surface area contributed by atoms with Gasteiger partial charge in [0.15, 0.2) is 0 Å². The van der Waals surface area contributed by atoms with Crippen molar-refractivity contribution in [3.8, 4) is 5.75 Å². The highest BCUT2D eigenvalue weighted by Gasteiger charge is 2.27. The number of benzene rings is 1. The first kappa shape index (κ1) is 14.0. The molecule has 0 fully saturated rings. The molecule has 18 heavy (non-hydrogen) atoms. The number of hydrogen-bond donors (Lipinski definition) is 1. The summed E-state index contributed by atoms with van der Waals surface area (Å²) in [5.41, 5.74) is -0.506. The molecule has 0 aliphatic carbocycles. The number of esters is 1. The lowest BCUT2D eigenvalue weighted by Gasteiger charge is -2.19. The van der Waals surface area contributed by atoms with E-state index >= 15 is 0 Å². The molecule has 0 saturated carbocycles.